The Morgan fingerprint density at radius 2 is 2.23 bits per heavy atom. The van der Waals surface area contributed by atoms with E-state index in [0.29, 0.717) is 24.4 Å². The summed E-state index contributed by atoms with van der Waals surface area (Å²) in [5.74, 6) is 0.195. The Balaban J connectivity index is 1.57. The van der Waals surface area contributed by atoms with Crippen molar-refractivity contribution >= 4 is 17.5 Å². The molecule has 2 aromatic heterocycles. The maximum Gasteiger partial charge on any atom is 0.224 e. The van der Waals surface area contributed by atoms with Crippen molar-refractivity contribution in [3.05, 3.63) is 34.4 Å². The number of aryl methyl sites for hydroxylation is 2. The molecule has 142 valence electrons. The number of hydrogen-bond donors (Lipinski definition) is 3. The summed E-state index contributed by atoms with van der Waals surface area (Å²) in [6.07, 6.45) is 6.13. The first-order valence-electron chi connectivity index (χ1n) is 9.20. The summed E-state index contributed by atoms with van der Waals surface area (Å²) in [6, 6.07) is -0.222. The molecule has 1 unspecified atom stereocenters. The van der Waals surface area contributed by atoms with Gasteiger partial charge in [0.25, 0.3) is 0 Å². The van der Waals surface area contributed by atoms with Crippen LogP contribution in [0.25, 0.3) is 0 Å². The quantitative estimate of drug-likeness (QED) is 0.684. The number of nitrogens with zero attached hydrogens (tertiary/aromatic N) is 3. The van der Waals surface area contributed by atoms with Gasteiger partial charge in [-0.2, -0.15) is 10.2 Å². The molecule has 0 radical (unpaired) electrons. The van der Waals surface area contributed by atoms with E-state index in [4.69, 9.17) is 11.6 Å². The van der Waals surface area contributed by atoms with Crippen LogP contribution in [0.5, 0.6) is 0 Å². The number of aliphatic hydroxyl groups excluding tert-OH is 1. The number of aliphatic hydroxyl groups is 1. The maximum absolute atomic E-state index is 12.5. The molecule has 8 heteroatoms. The fourth-order valence-electron chi connectivity index (χ4n) is 3.78. The largest absolute Gasteiger partial charge is 0.391 e. The van der Waals surface area contributed by atoms with Crippen LogP contribution in [0.1, 0.15) is 43.6 Å². The Morgan fingerprint density at radius 3 is 2.88 bits per heavy atom. The maximum atomic E-state index is 12.5. The van der Waals surface area contributed by atoms with Crippen LogP contribution < -0.4 is 5.32 Å². The van der Waals surface area contributed by atoms with Gasteiger partial charge in [-0.1, -0.05) is 25.4 Å². The molecule has 3 atom stereocenters. The topological polar surface area (TPSA) is 95.8 Å². The van der Waals surface area contributed by atoms with Crippen molar-refractivity contribution in [3.8, 4) is 0 Å². The van der Waals surface area contributed by atoms with Gasteiger partial charge in [-0.25, -0.2) is 0 Å². The van der Waals surface area contributed by atoms with Crippen molar-refractivity contribution in [1.29, 1.82) is 0 Å². The lowest BCUT2D eigenvalue weighted by Gasteiger charge is -2.16. The summed E-state index contributed by atoms with van der Waals surface area (Å²) in [5.41, 5.74) is 2.94. The number of rotatable bonds is 7. The highest BCUT2D eigenvalue weighted by Gasteiger charge is 2.34. The third kappa shape index (κ3) is 4.27. The normalized spacial score (nSPS) is 22.7. The molecule has 3 N–H and O–H groups in total. The van der Waals surface area contributed by atoms with Crippen molar-refractivity contribution < 1.29 is 9.90 Å². The van der Waals surface area contributed by atoms with Crippen molar-refractivity contribution in [2.24, 2.45) is 5.92 Å². The number of nitrogens with one attached hydrogen (secondary N) is 2. The number of carbonyl (C=O) groups is 1. The lowest BCUT2D eigenvalue weighted by Crippen LogP contribution is -2.40. The Bertz CT molecular complexity index is 735. The van der Waals surface area contributed by atoms with E-state index in [1.807, 2.05) is 13.8 Å². The van der Waals surface area contributed by atoms with Gasteiger partial charge in [0.05, 0.1) is 35.5 Å². The third-order valence-electron chi connectivity index (χ3n) is 5.08. The van der Waals surface area contributed by atoms with Crippen LogP contribution >= 0.6 is 11.6 Å². The number of aromatic nitrogens is 4. The Kier molecular flexibility index (Phi) is 5.98. The standard InChI is InChI=1S/C18H26ClN5O2/c1-3-14-13(15(4-2)23-22-14)7-18(26)21-16-5-11(6-17(16)25)9-24-10-12(19)8-20-24/h8,10-11,16-17,25H,3-7,9H2,1-2H3,(H,21,26)(H,22,23)/t11?,16-,17-/m1/s1. The smallest absolute Gasteiger partial charge is 0.224 e. The van der Waals surface area contributed by atoms with Gasteiger partial charge >= 0.3 is 0 Å². The molecule has 2 aromatic rings. The van der Waals surface area contributed by atoms with Crippen LogP contribution in [-0.2, 0) is 30.6 Å². The van der Waals surface area contributed by atoms with Gasteiger partial charge in [-0.3, -0.25) is 14.6 Å². The fraction of sp³-hybridized carbons (Fsp3) is 0.611. The zero-order valence-corrected chi connectivity index (χ0v) is 16.0. The van der Waals surface area contributed by atoms with E-state index < -0.39 is 6.10 Å². The van der Waals surface area contributed by atoms with Crippen LogP contribution in [0.4, 0.5) is 0 Å². The van der Waals surface area contributed by atoms with E-state index >= 15 is 0 Å². The van der Waals surface area contributed by atoms with Gasteiger partial charge in [0, 0.05) is 24.0 Å². The minimum atomic E-state index is -0.532. The summed E-state index contributed by atoms with van der Waals surface area (Å²) >= 11 is 5.89. The molecule has 1 aliphatic rings. The average Bonchev–Trinajstić information content (AvgIpc) is 3.28. The average molecular weight is 380 g/mol. The lowest BCUT2D eigenvalue weighted by atomic mass is 10.0. The van der Waals surface area contributed by atoms with Crippen molar-refractivity contribution in [2.75, 3.05) is 0 Å². The molecule has 0 aromatic carbocycles. The van der Waals surface area contributed by atoms with Gasteiger partial charge in [-0.05, 0) is 31.6 Å². The van der Waals surface area contributed by atoms with Gasteiger partial charge in [-0.15, -0.1) is 0 Å². The first-order chi connectivity index (χ1) is 12.5. The summed E-state index contributed by atoms with van der Waals surface area (Å²) in [7, 11) is 0. The van der Waals surface area contributed by atoms with Crippen LogP contribution in [-0.4, -0.2) is 43.1 Å². The van der Waals surface area contributed by atoms with Gasteiger partial charge in [0.1, 0.15) is 0 Å². The molecular weight excluding hydrogens is 354 g/mol. The highest BCUT2D eigenvalue weighted by Crippen LogP contribution is 2.28. The van der Waals surface area contributed by atoms with E-state index in [1.165, 1.54) is 0 Å². The highest BCUT2D eigenvalue weighted by molar-refractivity contribution is 6.30. The zero-order chi connectivity index (χ0) is 18.7. The molecule has 2 heterocycles. The summed E-state index contributed by atoms with van der Waals surface area (Å²) in [4.78, 5) is 12.5. The van der Waals surface area contributed by atoms with Crippen molar-refractivity contribution in [1.82, 2.24) is 25.3 Å². The number of H-pyrrole nitrogens is 1. The Morgan fingerprint density at radius 1 is 1.42 bits per heavy atom. The Hall–Kier alpha value is -1.86. The second kappa shape index (κ2) is 8.22. The third-order valence-corrected chi connectivity index (χ3v) is 5.28. The minimum Gasteiger partial charge on any atom is -0.391 e. The van der Waals surface area contributed by atoms with Gasteiger partial charge < -0.3 is 10.4 Å². The van der Waals surface area contributed by atoms with Gasteiger partial charge in [0.2, 0.25) is 5.91 Å². The van der Waals surface area contributed by atoms with Crippen molar-refractivity contribution in [2.45, 2.75) is 64.6 Å². The first-order valence-corrected chi connectivity index (χ1v) is 9.58. The van der Waals surface area contributed by atoms with E-state index in [1.54, 1.807) is 17.1 Å². The lowest BCUT2D eigenvalue weighted by molar-refractivity contribution is -0.121. The summed E-state index contributed by atoms with van der Waals surface area (Å²) in [6.45, 7) is 4.77. The second-order valence-corrected chi connectivity index (χ2v) is 7.41. The van der Waals surface area contributed by atoms with E-state index in [0.717, 1.165) is 36.2 Å². The zero-order valence-electron chi connectivity index (χ0n) is 15.2. The molecule has 3 rings (SSSR count). The molecule has 0 aliphatic heterocycles. The van der Waals surface area contributed by atoms with Crippen LogP contribution in [0, 0.1) is 5.92 Å². The molecular formula is C18H26ClN5O2. The Labute approximate surface area is 158 Å². The number of aromatic amines is 1. The number of halogens is 1. The minimum absolute atomic E-state index is 0.0670. The van der Waals surface area contributed by atoms with E-state index in [-0.39, 0.29) is 17.9 Å². The predicted octanol–water partition coefficient (Wildman–Crippen LogP) is 1.88. The number of amides is 1. The SMILES string of the molecule is CCc1n[nH]c(CC)c1CC(=O)N[C@@H]1CC(Cn2cc(Cl)cn2)C[C@H]1O. The molecule has 0 spiro atoms. The second-order valence-electron chi connectivity index (χ2n) is 6.97. The van der Waals surface area contributed by atoms with Crippen LogP contribution in [0.2, 0.25) is 5.02 Å². The monoisotopic (exact) mass is 379 g/mol. The summed E-state index contributed by atoms with van der Waals surface area (Å²) in [5, 5.41) is 25.4. The molecule has 7 nitrogen and oxygen atoms in total. The first kappa shape index (κ1) is 18.9. The van der Waals surface area contributed by atoms with Crippen LogP contribution in [0.3, 0.4) is 0 Å². The fourth-order valence-corrected chi connectivity index (χ4v) is 3.94. The molecule has 0 bridgehead atoms. The van der Waals surface area contributed by atoms with Crippen LogP contribution in [0.15, 0.2) is 12.4 Å². The molecule has 1 fully saturated rings. The number of hydrogen-bond acceptors (Lipinski definition) is 4. The highest BCUT2D eigenvalue weighted by atomic mass is 35.5. The molecule has 0 saturated heterocycles. The number of carbonyl (C=O) groups excluding carboxylic acids is 1. The summed E-state index contributed by atoms with van der Waals surface area (Å²) < 4.78 is 1.79. The molecule has 1 amide bonds. The van der Waals surface area contributed by atoms with Gasteiger partial charge in [0.15, 0.2) is 0 Å². The molecule has 1 aliphatic carbocycles. The predicted molar refractivity (Wildman–Crippen MR) is 98.9 cm³/mol. The van der Waals surface area contributed by atoms with E-state index in [9.17, 15) is 9.90 Å². The molecule has 1 saturated carbocycles. The van der Waals surface area contributed by atoms with Crippen molar-refractivity contribution in [3.63, 3.8) is 0 Å². The van der Waals surface area contributed by atoms with E-state index in [2.05, 4.69) is 20.6 Å². The molecule has 26 heavy (non-hydrogen) atoms.